The van der Waals surface area contributed by atoms with E-state index in [0.717, 1.165) is 41.0 Å². The van der Waals surface area contributed by atoms with Crippen LogP contribution in [-0.4, -0.2) is 44.6 Å². The molecule has 3 heterocycles. The lowest BCUT2D eigenvalue weighted by molar-refractivity contribution is 0.00435. The molecule has 1 aliphatic heterocycles. The van der Waals surface area contributed by atoms with Crippen molar-refractivity contribution in [1.29, 1.82) is 0 Å². The number of hydrogen-bond donors (Lipinski definition) is 3. The van der Waals surface area contributed by atoms with Crippen LogP contribution in [0.5, 0.6) is 0 Å². The van der Waals surface area contributed by atoms with Crippen molar-refractivity contribution in [2.45, 2.75) is 39.5 Å². The molecule has 0 saturated carbocycles. The van der Waals surface area contributed by atoms with E-state index in [1.54, 1.807) is 0 Å². The third-order valence-corrected chi connectivity index (χ3v) is 5.16. The van der Waals surface area contributed by atoms with E-state index in [2.05, 4.69) is 40.6 Å². The molecule has 0 saturated heterocycles. The quantitative estimate of drug-likeness (QED) is 0.553. The zero-order chi connectivity index (χ0) is 21.1. The number of nitrogens with zero attached hydrogens (tertiary/aromatic N) is 4. The van der Waals surface area contributed by atoms with E-state index in [0.29, 0.717) is 18.6 Å². The number of aryl methyl sites for hydroxylation is 1. The molecule has 158 valence electrons. The zero-order valence-corrected chi connectivity index (χ0v) is 17.6. The molecule has 4 rings (SSSR count). The zero-order valence-electron chi connectivity index (χ0n) is 17.6. The summed E-state index contributed by atoms with van der Waals surface area (Å²) < 4.78 is 7.63. The molecule has 0 aliphatic carbocycles. The molecule has 1 atom stereocenters. The van der Waals surface area contributed by atoms with Crippen molar-refractivity contribution in [2.24, 2.45) is 0 Å². The van der Waals surface area contributed by atoms with Crippen molar-refractivity contribution in [1.82, 2.24) is 25.1 Å². The summed E-state index contributed by atoms with van der Waals surface area (Å²) in [7, 11) is 0. The highest BCUT2D eigenvalue weighted by atomic mass is 16.5. The van der Waals surface area contributed by atoms with Crippen LogP contribution in [0.3, 0.4) is 0 Å². The molecule has 30 heavy (non-hydrogen) atoms. The number of hydrogen-bond acceptors (Lipinski definition) is 7. The average Bonchev–Trinajstić information content (AvgIpc) is 3.24. The van der Waals surface area contributed by atoms with Crippen LogP contribution in [0.1, 0.15) is 42.8 Å². The van der Waals surface area contributed by atoms with E-state index in [1.807, 2.05) is 42.3 Å². The molecule has 3 N–H and O–H groups in total. The van der Waals surface area contributed by atoms with Gasteiger partial charge in [0.15, 0.2) is 0 Å². The van der Waals surface area contributed by atoms with Crippen LogP contribution in [0.25, 0.3) is 11.3 Å². The molecule has 3 aromatic rings. The molecule has 0 radical (unpaired) electrons. The van der Waals surface area contributed by atoms with E-state index in [1.165, 1.54) is 5.56 Å². The number of rotatable bonds is 7. The highest BCUT2D eigenvalue weighted by molar-refractivity contribution is 5.64. The minimum absolute atomic E-state index is 0.0102. The highest BCUT2D eigenvalue weighted by Gasteiger charge is 2.20. The summed E-state index contributed by atoms with van der Waals surface area (Å²) in [6, 6.07) is 6.47. The Balaban J connectivity index is 1.56. The Bertz CT molecular complexity index is 1020. The molecule has 0 spiro atoms. The maximum atomic E-state index is 9.02. The molecule has 1 aliphatic rings. The lowest BCUT2D eigenvalue weighted by atomic mass is 9.99. The van der Waals surface area contributed by atoms with Gasteiger partial charge in [-0.1, -0.05) is 6.07 Å². The number of aliphatic hydroxyl groups is 1. The minimum atomic E-state index is -0.185. The Morgan fingerprint density at radius 3 is 2.97 bits per heavy atom. The Labute approximate surface area is 176 Å². The van der Waals surface area contributed by atoms with Gasteiger partial charge in [-0.25, -0.2) is 9.97 Å². The summed E-state index contributed by atoms with van der Waals surface area (Å²) in [6.45, 7) is 7.35. The molecule has 0 bridgehead atoms. The fourth-order valence-corrected chi connectivity index (χ4v) is 3.59. The van der Waals surface area contributed by atoms with Crippen molar-refractivity contribution >= 4 is 11.6 Å². The van der Waals surface area contributed by atoms with Crippen molar-refractivity contribution in [3.05, 3.63) is 53.5 Å². The van der Waals surface area contributed by atoms with Gasteiger partial charge >= 0.3 is 0 Å². The van der Waals surface area contributed by atoms with E-state index in [4.69, 9.17) is 14.8 Å². The predicted molar refractivity (Wildman–Crippen MR) is 116 cm³/mol. The van der Waals surface area contributed by atoms with Crippen molar-refractivity contribution in [2.75, 3.05) is 25.1 Å². The van der Waals surface area contributed by atoms with Gasteiger partial charge in [0.2, 0.25) is 5.95 Å². The third-order valence-electron chi connectivity index (χ3n) is 5.16. The lowest BCUT2D eigenvalue weighted by Crippen LogP contribution is -2.32. The molecule has 0 fully saturated rings. The first-order valence-electron chi connectivity index (χ1n) is 10.3. The molecule has 8 nitrogen and oxygen atoms in total. The Morgan fingerprint density at radius 1 is 1.33 bits per heavy atom. The second-order valence-corrected chi connectivity index (χ2v) is 7.75. The number of ether oxygens (including phenoxy) is 1. The van der Waals surface area contributed by atoms with Crippen LogP contribution >= 0.6 is 0 Å². The molecule has 0 amide bonds. The second-order valence-electron chi connectivity index (χ2n) is 7.75. The minimum Gasteiger partial charge on any atom is -0.394 e. The predicted octanol–water partition coefficient (Wildman–Crippen LogP) is 3.13. The molecule has 8 heteroatoms. The van der Waals surface area contributed by atoms with E-state index in [9.17, 15) is 0 Å². The number of anilines is 2. The molecule has 1 aromatic carbocycles. The van der Waals surface area contributed by atoms with Gasteiger partial charge in [-0.05, 0) is 56.0 Å². The number of benzene rings is 1. The molecular weight excluding hydrogens is 380 g/mol. The van der Waals surface area contributed by atoms with Crippen molar-refractivity contribution in [3.8, 4) is 11.3 Å². The summed E-state index contributed by atoms with van der Waals surface area (Å²) >= 11 is 0. The Morgan fingerprint density at radius 2 is 2.20 bits per heavy atom. The molecule has 2 aromatic heterocycles. The van der Waals surface area contributed by atoms with Crippen LogP contribution in [0.2, 0.25) is 0 Å². The van der Waals surface area contributed by atoms with Gasteiger partial charge < -0.3 is 15.2 Å². The van der Waals surface area contributed by atoms with Crippen molar-refractivity contribution < 1.29 is 9.84 Å². The fraction of sp³-hybridized carbons (Fsp3) is 0.409. The maximum Gasteiger partial charge on any atom is 0.227 e. The first-order chi connectivity index (χ1) is 14.5. The first kappa shape index (κ1) is 20.5. The summed E-state index contributed by atoms with van der Waals surface area (Å²) in [5.41, 5.74) is 6.11. The summed E-state index contributed by atoms with van der Waals surface area (Å²) in [4.78, 5) is 9.19. The number of aromatic nitrogens is 4. The summed E-state index contributed by atoms with van der Waals surface area (Å²) in [5, 5.41) is 20.1. The van der Waals surface area contributed by atoms with Gasteiger partial charge in [-0.3, -0.25) is 10.00 Å². The van der Waals surface area contributed by atoms with Gasteiger partial charge in [0.05, 0.1) is 25.1 Å². The van der Waals surface area contributed by atoms with E-state index < -0.39 is 0 Å². The number of fused-ring (bicyclic) bond motifs is 1. The highest BCUT2D eigenvalue weighted by Crippen LogP contribution is 2.28. The van der Waals surface area contributed by atoms with E-state index >= 15 is 0 Å². The van der Waals surface area contributed by atoms with Gasteiger partial charge in [-0.2, -0.15) is 5.10 Å². The second kappa shape index (κ2) is 8.91. The van der Waals surface area contributed by atoms with Crippen LogP contribution in [0, 0.1) is 6.92 Å². The summed E-state index contributed by atoms with van der Waals surface area (Å²) in [6.07, 6.45) is 6.42. The van der Waals surface area contributed by atoms with Gasteiger partial charge in [0.1, 0.15) is 6.23 Å². The van der Waals surface area contributed by atoms with Gasteiger partial charge in [0.25, 0.3) is 0 Å². The molecular formula is C22H28N6O2. The smallest absolute Gasteiger partial charge is 0.227 e. The van der Waals surface area contributed by atoms with Crippen LogP contribution in [-0.2, 0) is 11.2 Å². The normalized spacial score (nSPS) is 16.0. The fourth-order valence-electron chi connectivity index (χ4n) is 3.59. The Kier molecular flexibility index (Phi) is 6.08. The van der Waals surface area contributed by atoms with Gasteiger partial charge in [-0.15, -0.1) is 0 Å². The topological polar surface area (TPSA) is 97.1 Å². The van der Waals surface area contributed by atoms with E-state index in [-0.39, 0.29) is 12.8 Å². The Hall–Kier alpha value is -2.81. The van der Waals surface area contributed by atoms with Crippen LogP contribution < -0.4 is 10.6 Å². The lowest BCUT2D eigenvalue weighted by Gasteiger charge is -2.27. The maximum absolute atomic E-state index is 9.02. The van der Waals surface area contributed by atoms with Gasteiger partial charge in [0, 0.05) is 36.2 Å². The van der Waals surface area contributed by atoms with Crippen LogP contribution in [0.4, 0.5) is 11.6 Å². The number of nitrogens with one attached hydrogen (secondary N) is 2. The SMILES string of the molecule is Cc1cnc(Nc2ccc3c(c2)CCNC3OCCO)nc1-c1cnn(C(C)C)c1. The average molecular weight is 409 g/mol. The third kappa shape index (κ3) is 4.35. The largest absolute Gasteiger partial charge is 0.394 e. The monoisotopic (exact) mass is 408 g/mol. The summed E-state index contributed by atoms with van der Waals surface area (Å²) in [5.74, 6) is 0.551. The van der Waals surface area contributed by atoms with Crippen LogP contribution in [0.15, 0.2) is 36.8 Å². The standard InChI is InChI=1S/C22H28N6O2/c1-14(2)28-13-17(12-25-28)20-15(3)11-24-22(27-20)26-18-4-5-19-16(10-18)6-7-23-21(19)30-9-8-29/h4-5,10-14,21,23,29H,6-9H2,1-3H3,(H,24,26,27). The van der Waals surface area contributed by atoms with Crippen molar-refractivity contribution in [3.63, 3.8) is 0 Å². The molecule has 1 unspecified atom stereocenters. The number of aliphatic hydroxyl groups excluding tert-OH is 1. The first-order valence-corrected chi connectivity index (χ1v) is 10.3.